The molecule has 0 saturated carbocycles. The first-order chi connectivity index (χ1) is 5.59. The molecular weight excluding hydrogens is 232 g/mol. The van der Waals surface area contributed by atoms with Crippen molar-refractivity contribution in [2.45, 2.75) is 24.3 Å². The van der Waals surface area contributed by atoms with Crippen LogP contribution in [0.2, 0.25) is 0 Å². The van der Waals surface area contributed by atoms with Crippen LogP contribution >= 0.6 is 11.6 Å². The second-order valence-electron chi connectivity index (χ2n) is 1.83. The van der Waals surface area contributed by atoms with Crippen molar-refractivity contribution < 1.29 is 35.5 Å². The molecule has 0 bridgehead atoms. The first-order valence-corrected chi connectivity index (χ1v) is 2.99. The average Bonchev–Trinajstić information content (AvgIpc) is 1.82. The summed E-state index contributed by atoms with van der Waals surface area (Å²) < 4.78 is 83.9. The summed E-state index contributed by atoms with van der Waals surface area (Å²) in [4.78, 5) is 0. The molecule has 13 heavy (non-hydrogen) atoms. The van der Waals surface area contributed by atoms with Crippen molar-refractivity contribution in [3.05, 3.63) is 0 Å². The molecular formula is C4H2ClF7O. The van der Waals surface area contributed by atoms with E-state index >= 15 is 0 Å². The summed E-state index contributed by atoms with van der Waals surface area (Å²) in [5, 5.41) is -5.29. The average molecular weight is 234 g/mol. The largest absolute Gasteiger partial charge is 0.389 e. The second-order valence-corrected chi connectivity index (χ2v) is 2.31. The number of halogens is 8. The third-order valence-corrected chi connectivity index (χ3v) is 1.14. The highest BCUT2D eigenvalue weighted by Gasteiger charge is 2.62. The molecule has 0 aliphatic heterocycles. The van der Waals surface area contributed by atoms with E-state index in [1.807, 2.05) is 0 Å². The van der Waals surface area contributed by atoms with Crippen LogP contribution in [0, 0.1) is 0 Å². The molecule has 0 fully saturated rings. The highest BCUT2D eigenvalue weighted by molar-refractivity contribution is 6.22. The van der Waals surface area contributed by atoms with E-state index in [-0.39, 0.29) is 0 Å². The summed E-state index contributed by atoms with van der Waals surface area (Å²) >= 11 is 3.75. The van der Waals surface area contributed by atoms with Crippen LogP contribution in [0.1, 0.15) is 0 Å². The van der Waals surface area contributed by atoms with E-state index in [2.05, 4.69) is 16.3 Å². The van der Waals surface area contributed by atoms with Gasteiger partial charge in [-0.25, -0.2) is 4.39 Å². The Labute approximate surface area is 72.4 Å². The van der Waals surface area contributed by atoms with Gasteiger partial charge >= 0.3 is 17.9 Å². The Bertz CT molecular complexity index is 166. The van der Waals surface area contributed by atoms with Gasteiger partial charge in [0, 0.05) is 0 Å². The van der Waals surface area contributed by atoms with Crippen molar-refractivity contribution in [1.29, 1.82) is 0 Å². The molecule has 0 aliphatic rings. The van der Waals surface area contributed by atoms with E-state index in [0.717, 1.165) is 0 Å². The van der Waals surface area contributed by atoms with Gasteiger partial charge in [-0.15, -0.1) is 0 Å². The monoisotopic (exact) mass is 234 g/mol. The second kappa shape index (κ2) is 3.87. The molecule has 0 aromatic rings. The number of hydrogen-bond acceptors (Lipinski definition) is 1. The third-order valence-electron chi connectivity index (χ3n) is 0.885. The molecule has 0 radical (unpaired) electrons. The summed E-state index contributed by atoms with van der Waals surface area (Å²) in [5.74, 6) is -5.51. The van der Waals surface area contributed by atoms with E-state index in [9.17, 15) is 30.7 Å². The third kappa shape index (κ3) is 3.18. The lowest BCUT2D eigenvalue weighted by Gasteiger charge is -2.23. The molecule has 0 amide bonds. The van der Waals surface area contributed by atoms with Crippen LogP contribution in [-0.2, 0) is 4.74 Å². The molecule has 9 heteroatoms. The molecule has 0 N–H and O–H groups in total. The van der Waals surface area contributed by atoms with Crippen molar-refractivity contribution >= 4 is 11.6 Å². The fourth-order valence-corrected chi connectivity index (χ4v) is 0.390. The molecule has 1 nitrogen and oxygen atoms in total. The van der Waals surface area contributed by atoms with E-state index in [1.54, 1.807) is 0 Å². The van der Waals surface area contributed by atoms with Crippen LogP contribution in [0.25, 0.3) is 0 Å². The van der Waals surface area contributed by atoms with Gasteiger partial charge in [0.15, 0.2) is 0 Å². The molecule has 0 aromatic carbocycles. The predicted octanol–water partition coefficient (Wildman–Crippen LogP) is 2.99. The van der Waals surface area contributed by atoms with Crippen molar-refractivity contribution in [3.8, 4) is 0 Å². The number of rotatable bonds is 4. The SMILES string of the molecule is FC(F)OC(F)C(F)(F)C(F)(F)Cl. The lowest BCUT2D eigenvalue weighted by molar-refractivity contribution is -0.308. The highest BCUT2D eigenvalue weighted by Crippen LogP contribution is 2.42. The zero-order valence-electron chi connectivity index (χ0n) is 5.59. The molecule has 0 heterocycles. The van der Waals surface area contributed by atoms with Gasteiger partial charge in [0.2, 0.25) is 0 Å². The van der Waals surface area contributed by atoms with E-state index < -0.39 is 24.3 Å². The van der Waals surface area contributed by atoms with Gasteiger partial charge in [-0.2, -0.15) is 26.3 Å². The molecule has 0 saturated heterocycles. The van der Waals surface area contributed by atoms with Crippen LogP contribution in [0.3, 0.4) is 0 Å². The summed E-state index contributed by atoms with van der Waals surface area (Å²) in [5.41, 5.74) is 0. The van der Waals surface area contributed by atoms with Gasteiger partial charge in [0.05, 0.1) is 0 Å². The van der Waals surface area contributed by atoms with Crippen LogP contribution in [0.5, 0.6) is 0 Å². The Morgan fingerprint density at radius 2 is 1.38 bits per heavy atom. The molecule has 0 aromatic heterocycles. The van der Waals surface area contributed by atoms with Gasteiger partial charge in [0.25, 0.3) is 6.36 Å². The van der Waals surface area contributed by atoms with E-state index in [1.165, 1.54) is 0 Å². The Morgan fingerprint density at radius 3 is 1.62 bits per heavy atom. The molecule has 80 valence electrons. The first-order valence-electron chi connectivity index (χ1n) is 2.61. The van der Waals surface area contributed by atoms with Crippen molar-refractivity contribution in [3.63, 3.8) is 0 Å². The van der Waals surface area contributed by atoms with Crippen LogP contribution < -0.4 is 0 Å². The van der Waals surface area contributed by atoms with Crippen LogP contribution in [0.4, 0.5) is 30.7 Å². The van der Waals surface area contributed by atoms with Crippen molar-refractivity contribution in [2.24, 2.45) is 0 Å². The van der Waals surface area contributed by atoms with Gasteiger partial charge < -0.3 is 0 Å². The van der Waals surface area contributed by atoms with Crippen LogP contribution in [0.15, 0.2) is 0 Å². The summed E-state index contributed by atoms with van der Waals surface area (Å²) in [6.45, 7) is -3.93. The first kappa shape index (κ1) is 12.8. The molecule has 1 atom stereocenters. The van der Waals surface area contributed by atoms with Gasteiger partial charge in [-0.1, -0.05) is 0 Å². The molecule has 1 unspecified atom stereocenters. The fraction of sp³-hybridized carbons (Fsp3) is 1.00. The lowest BCUT2D eigenvalue weighted by atomic mass is 10.3. The molecule has 0 aliphatic carbocycles. The smallest absolute Gasteiger partial charge is 0.282 e. The number of hydrogen-bond donors (Lipinski definition) is 0. The summed E-state index contributed by atoms with van der Waals surface area (Å²) in [7, 11) is 0. The maximum Gasteiger partial charge on any atom is 0.389 e. The number of ether oxygens (including phenoxy) is 1. The van der Waals surface area contributed by atoms with E-state index in [4.69, 9.17) is 0 Å². The minimum atomic E-state index is -5.51. The Kier molecular flexibility index (Phi) is 3.80. The minimum absolute atomic E-state index is 2.53. The molecule has 0 spiro atoms. The number of alkyl halides is 8. The quantitative estimate of drug-likeness (QED) is 0.537. The van der Waals surface area contributed by atoms with Crippen molar-refractivity contribution in [1.82, 2.24) is 0 Å². The fourth-order valence-electron chi connectivity index (χ4n) is 0.304. The standard InChI is InChI=1S/C4H2ClF7O/c5-4(11,12)3(9,10)1(6)13-2(7)8/h1-2H. The Morgan fingerprint density at radius 1 is 1.00 bits per heavy atom. The van der Waals surface area contributed by atoms with Crippen molar-refractivity contribution in [2.75, 3.05) is 0 Å². The van der Waals surface area contributed by atoms with Crippen LogP contribution in [-0.4, -0.2) is 24.3 Å². The Hall–Kier alpha value is -0.240. The van der Waals surface area contributed by atoms with E-state index in [0.29, 0.717) is 0 Å². The topological polar surface area (TPSA) is 9.23 Å². The van der Waals surface area contributed by atoms with Gasteiger partial charge in [-0.05, 0) is 11.6 Å². The zero-order chi connectivity index (χ0) is 10.9. The maximum absolute atomic E-state index is 12.0. The maximum atomic E-state index is 12.0. The Balaban J connectivity index is 4.45. The zero-order valence-corrected chi connectivity index (χ0v) is 6.34. The predicted molar refractivity (Wildman–Crippen MR) is 27.7 cm³/mol. The minimum Gasteiger partial charge on any atom is -0.282 e. The lowest BCUT2D eigenvalue weighted by Crippen LogP contribution is -2.46. The van der Waals surface area contributed by atoms with Gasteiger partial charge in [0.1, 0.15) is 0 Å². The molecule has 0 rings (SSSR count). The van der Waals surface area contributed by atoms with Gasteiger partial charge in [-0.3, -0.25) is 4.74 Å². The normalized spacial score (nSPS) is 16.4. The highest BCUT2D eigenvalue weighted by atomic mass is 35.5. The summed E-state index contributed by atoms with van der Waals surface area (Å²) in [6.07, 6.45) is -4.17. The summed E-state index contributed by atoms with van der Waals surface area (Å²) in [6, 6.07) is 0.